The number of fused-ring (bicyclic) bond motifs is 1. The maximum absolute atomic E-state index is 11.1. The minimum atomic E-state index is 0.469. The molecule has 1 aromatic carbocycles. The number of aryl methyl sites for hydroxylation is 1. The number of hydrogen-bond acceptors (Lipinski definition) is 1. The Labute approximate surface area is 95.9 Å². The van der Waals surface area contributed by atoms with Crippen LogP contribution in [0.1, 0.15) is 41.4 Å². The van der Waals surface area contributed by atoms with E-state index in [0.717, 1.165) is 22.9 Å². The monoisotopic (exact) mass is 215 g/mol. The number of benzene rings is 1. The molecule has 0 aliphatic heterocycles. The number of nitrogens with zero attached hydrogens (tertiary/aromatic N) is 1. The van der Waals surface area contributed by atoms with Crippen molar-refractivity contribution < 1.29 is 4.79 Å². The molecule has 0 saturated heterocycles. The van der Waals surface area contributed by atoms with Gasteiger partial charge < -0.3 is 4.57 Å². The molecule has 2 rings (SSSR count). The fourth-order valence-corrected chi connectivity index (χ4v) is 2.31. The van der Waals surface area contributed by atoms with Crippen molar-refractivity contribution in [2.24, 2.45) is 7.05 Å². The zero-order valence-electron chi connectivity index (χ0n) is 10.2. The summed E-state index contributed by atoms with van der Waals surface area (Å²) in [5.41, 5.74) is 4.35. The van der Waals surface area contributed by atoms with Crippen molar-refractivity contribution in [3.05, 3.63) is 35.0 Å². The summed E-state index contributed by atoms with van der Waals surface area (Å²) in [5.74, 6) is 0.469. The van der Waals surface area contributed by atoms with E-state index in [0.29, 0.717) is 5.92 Å². The van der Waals surface area contributed by atoms with E-state index in [2.05, 4.69) is 24.5 Å². The van der Waals surface area contributed by atoms with Gasteiger partial charge >= 0.3 is 0 Å². The van der Waals surface area contributed by atoms with Crippen molar-refractivity contribution in [1.82, 2.24) is 4.57 Å². The van der Waals surface area contributed by atoms with E-state index in [9.17, 15) is 4.79 Å². The number of aldehydes is 1. The van der Waals surface area contributed by atoms with Crippen LogP contribution in [0, 0.1) is 6.92 Å². The van der Waals surface area contributed by atoms with Crippen LogP contribution in [0.2, 0.25) is 0 Å². The lowest BCUT2D eigenvalue weighted by Gasteiger charge is -2.09. The topological polar surface area (TPSA) is 22.0 Å². The molecule has 0 saturated carbocycles. The molecule has 0 unspecified atom stereocenters. The first-order valence-corrected chi connectivity index (χ1v) is 5.61. The predicted octanol–water partition coefficient (Wildman–Crippen LogP) is 3.42. The normalized spacial score (nSPS) is 11.3. The van der Waals surface area contributed by atoms with Gasteiger partial charge in [0.15, 0.2) is 6.29 Å². The summed E-state index contributed by atoms with van der Waals surface area (Å²) in [6.45, 7) is 6.35. The maximum Gasteiger partial charge on any atom is 0.152 e. The fraction of sp³-hybridized carbons (Fsp3) is 0.357. The minimum Gasteiger partial charge on any atom is -0.347 e. The van der Waals surface area contributed by atoms with E-state index in [1.807, 2.05) is 26.1 Å². The number of hydrogen-bond donors (Lipinski definition) is 0. The third-order valence-corrected chi connectivity index (χ3v) is 3.33. The molecule has 0 spiro atoms. The molecular weight excluding hydrogens is 198 g/mol. The molecule has 1 aromatic heterocycles. The van der Waals surface area contributed by atoms with Crippen molar-refractivity contribution in [1.29, 1.82) is 0 Å². The summed E-state index contributed by atoms with van der Waals surface area (Å²) in [7, 11) is 2.02. The van der Waals surface area contributed by atoms with E-state index >= 15 is 0 Å². The van der Waals surface area contributed by atoms with Gasteiger partial charge in [-0.05, 0) is 18.4 Å². The molecule has 0 aliphatic rings. The van der Waals surface area contributed by atoms with Gasteiger partial charge in [-0.3, -0.25) is 4.79 Å². The van der Waals surface area contributed by atoms with Crippen LogP contribution in [0.15, 0.2) is 18.2 Å². The van der Waals surface area contributed by atoms with Gasteiger partial charge in [-0.15, -0.1) is 0 Å². The number of aromatic nitrogens is 1. The average Bonchev–Trinajstić information content (AvgIpc) is 2.51. The molecule has 0 aliphatic carbocycles. The molecule has 0 amide bonds. The lowest BCUT2D eigenvalue weighted by atomic mass is 9.99. The van der Waals surface area contributed by atoms with Crippen LogP contribution in [0.3, 0.4) is 0 Å². The van der Waals surface area contributed by atoms with Crippen LogP contribution >= 0.6 is 0 Å². The SMILES string of the molecule is Cc1c(C=O)c2cccc(C(C)C)c2n1C. The largest absolute Gasteiger partial charge is 0.347 e. The Hall–Kier alpha value is -1.57. The van der Waals surface area contributed by atoms with Gasteiger partial charge in [0, 0.05) is 23.7 Å². The number of para-hydroxylation sites is 1. The maximum atomic E-state index is 11.1. The highest BCUT2D eigenvalue weighted by atomic mass is 16.1. The number of carbonyl (C=O) groups is 1. The molecule has 84 valence electrons. The van der Waals surface area contributed by atoms with Crippen molar-refractivity contribution in [3.63, 3.8) is 0 Å². The van der Waals surface area contributed by atoms with E-state index in [4.69, 9.17) is 0 Å². The molecule has 16 heavy (non-hydrogen) atoms. The zero-order chi connectivity index (χ0) is 11.9. The van der Waals surface area contributed by atoms with Crippen molar-refractivity contribution in [2.75, 3.05) is 0 Å². The second-order valence-electron chi connectivity index (χ2n) is 4.57. The molecule has 2 aromatic rings. The Bertz CT molecular complexity index is 549. The Morgan fingerprint density at radius 3 is 2.56 bits per heavy atom. The molecule has 0 N–H and O–H groups in total. The number of carbonyl (C=O) groups excluding carboxylic acids is 1. The molecule has 2 nitrogen and oxygen atoms in total. The van der Waals surface area contributed by atoms with Gasteiger partial charge in [0.05, 0.1) is 5.52 Å². The highest BCUT2D eigenvalue weighted by Crippen LogP contribution is 2.30. The van der Waals surface area contributed by atoms with E-state index in [-0.39, 0.29) is 0 Å². The van der Waals surface area contributed by atoms with E-state index in [1.165, 1.54) is 11.1 Å². The smallest absolute Gasteiger partial charge is 0.152 e. The standard InChI is InChI=1S/C14H17NO/c1-9(2)11-6-5-7-12-13(8-16)10(3)15(4)14(11)12/h5-9H,1-4H3. The van der Waals surface area contributed by atoms with Crippen LogP contribution < -0.4 is 0 Å². The zero-order valence-corrected chi connectivity index (χ0v) is 10.2. The van der Waals surface area contributed by atoms with Crippen LogP contribution in [0.5, 0.6) is 0 Å². The highest BCUT2D eigenvalue weighted by molar-refractivity contribution is 6.00. The molecule has 1 heterocycles. The van der Waals surface area contributed by atoms with Gasteiger partial charge in [0.2, 0.25) is 0 Å². The summed E-state index contributed by atoms with van der Waals surface area (Å²) < 4.78 is 2.12. The van der Waals surface area contributed by atoms with Gasteiger partial charge in [-0.25, -0.2) is 0 Å². The lowest BCUT2D eigenvalue weighted by Crippen LogP contribution is -1.96. The van der Waals surface area contributed by atoms with Gasteiger partial charge in [-0.2, -0.15) is 0 Å². The summed E-state index contributed by atoms with van der Waals surface area (Å²) in [5, 5.41) is 1.07. The molecular formula is C14H17NO. The van der Waals surface area contributed by atoms with Crippen molar-refractivity contribution in [3.8, 4) is 0 Å². The first-order valence-electron chi connectivity index (χ1n) is 5.61. The Morgan fingerprint density at radius 1 is 1.31 bits per heavy atom. The van der Waals surface area contributed by atoms with Gasteiger partial charge in [0.25, 0.3) is 0 Å². The van der Waals surface area contributed by atoms with Crippen LogP contribution in [-0.4, -0.2) is 10.9 Å². The quantitative estimate of drug-likeness (QED) is 0.703. The molecule has 2 heteroatoms. The summed E-state index contributed by atoms with van der Waals surface area (Å²) in [4.78, 5) is 11.1. The second-order valence-corrected chi connectivity index (χ2v) is 4.57. The summed E-state index contributed by atoms with van der Waals surface area (Å²) >= 11 is 0. The van der Waals surface area contributed by atoms with E-state index in [1.54, 1.807) is 0 Å². The minimum absolute atomic E-state index is 0.469. The lowest BCUT2D eigenvalue weighted by molar-refractivity contribution is 0.112. The Kier molecular flexibility index (Phi) is 2.58. The first kappa shape index (κ1) is 10.9. The molecule has 0 atom stereocenters. The number of rotatable bonds is 2. The third-order valence-electron chi connectivity index (χ3n) is 3.33. The summed E-state index contributed by atoms with van der Waals surface area (Å²) in [6, 6.07) is 6.20. The molecule has 0 fully saturated rings. The second kappa shape index (κ2) is 3.78. The van der Waals surface area contributed by atoms with Crippen LogP contribution in [0.4, 0.5) is 0 Å². The average molecular weight is 215 g/mol. The molecule has 0 bridgehead atoms. The van der Waals surface area contributed by atoms with Gasteiger partial charge in [-0.1, -0.05) is 32.0 Å². The van der Waals surface area contributed by atoms with Crippen molar-refractivity contribution in [2.45, 2.75) is 26.7 Å². The highest BCUT2D eigenvalue weighted by Gasteiger charge is 2.15. The summed E-state index contributed by atoms with van der Waals surface area (Å²) in [6.07, 6.45) is 0.960. The third kappa shape index (κ3) is 1.37. The Morgan fingerprint density at radius 2 is 2.00 bits per heavy atom. The van der Waals surface area contributed by atoms with Gasteiger partial charge in [0.1, 0.15) is 0 Å². The van der Waals surface area contributed by atoms with Crippen molar-refractivity contribution >= 4 is 17.2 Å². The first-order chi connectivity index (χ1) is 7.57. The fourth-order valence-electron chi connectivity index (χ4n) is 2.31. The predicted molar refractivity (Wildman–Crippen MR) is 67.1 cm³/mol. The van der Waals surface area contributed by atoms with Crippen LogP contribution in [-0.2, 0) is 7.05 Å². The van der Waals surface area contributed by atoms with E-state index < -0.39 is 0 Å². The van der Waals surface area contributed by atoms with Crippen LogP contribution in [0.25, 0.3) is 10.9 Å². The Balaban J connectivity index is 2.94. The molecule has 0 radical (unpaired) electrons.